The maximum Gasteiger partial charge on any atom is 0.201 e. The number of benzene rings is 3. The molecule has 3 aromatic carbocycles. The largest absolute Gasteiger partial charge is 0.455 e. The first-order valence-electron chi connectivity index (χ1n) is 8.78. The van der Waals surface area contributed by atoms with Gasteiger partial charge in [-0.2, -0.15) is 0 Å². The van der Waals surface area contributed by atoms with Crippen LogP contribution in [-0.2, 0) is 9.84 Å². The van der Waals surface area contributed by atoms with E-state index in [1.807, 2.05) is 43.3 Å². The Balaban J connectivity index is 2.06. The summed E-state index contributed by atoms with van der Waals surface area (Å²) in [6, 6.07) is 21.2. The van der Waals surface area contributed by atoms with Crippen molar-refractivity contribution < 1.29 is 12.8 Å². The van der Waals surface area contributed by atoms with Gasteiger partial charge in [-0.1, -0.05) is 36.4 Å². The number of sulfone groups is 1. The number of para-hydroxylation sites is 1. The summed E-state index contributed by atoms with van der Waals surface area (Å²) >= 11 is 0. The van der Waals surface area contributed by atoms with E-state index in [2.05, 4.69) is 0 Å². The van der Waals surface area contributed by atoms with Gasteiger partial charge >= 0.3 is 0 Å². The SMILES string of the molecule is Cc1ccccc1-c1c(-c2ccc(S(C)(=O)=O)cc2)oc2ccccc2c1=O. The smallest absolute Gasteiger partial charge is 0.201 e. The fraction of sp³-hybridized carbons (Fsp3) is 0.0870. The lowest BCUT2D eigenvalue weighted by atomic mass is 9.95. The van der Waals surface area contributed by atoms with Crippen LogP contribution in [0.5, 0.6) is 0 Å². The van der Waals surface area contributed by atoms with E-state index in [9.17, 15) is 13.2 Å². The van der Waals surface area contributed by atoms with Crippen LogP contribution < -0.4 is 5.43 Å². The van der Waals surface area contributed by atoms with Crippen molar-refractivity contribution in [3.05, 3.63) is 88.6 Å². The molecule has 0 unspecified atom stereocenters. The van der Waals surface area contributed by atoms with Crippen LogP contribution in [0.1, 0.15) is 5.56 Å². The highest BCUT2D eigenvalue weighted by Crippen LogP contribution is 2.34. The average Bonchev–Trinajstić information content (AvgIpc) is 2.68. The fourth-order valence-electron chi connectivity index (χ4n) is 3.30. The monoisotopic (exact) mass is 390 g/mol. The van der Waals surface area contributed by atoms with E-state index in [-0.39, 0.29) is 10.3 Å². The maximum absolute atomic E-state index is 13.3. The summed E-state index contributed by atoms with van der Waals surface area (Å²) in [6.07, 6.45) is 1.16. The van der Waals surface area contributed by atoms with Crippen molar-refractivity contribution in [3.63, 3.8) is 0 Å². The Kier molecular flexibility index (Phi) is 4.40. The number of hydrogen-bond acceptors (Lipinski definition) is 4. The molecule has 1 aromatic heterocycles. The Bertz CT molecular complexity index is 1350. The summed E-state index contributed by atoms with van der Waals surface area (Å²) in [5.41, 5.74) is 3.26. The van der Waals surface area contributed by atoms with Gasteiger partial charge in [0.05, 0.1) is 15.8 Å². The molecule has 0 radical (unpaired) electrons. The molecule has 0 amide bonds. The van der Waals surface area contributed by atoms with Crippen LogP contribution in [0.2, 0.25) is 0 Å². The van der Waals surface area contributed by atoms with Crippen molar-refractivity contribution in [2.24, 2.45) is 0 Å². The van der Waals surface area contributed by atoms with Crippen molar-refractivity contribution in [3.8, 4) is 22.5 Å². The second-order valence-electron chi connectivity index (χ2n) is 6.74. The average molecular weight is 390 g/mol. The second-order valence-corrected chi connectivity index (χ2v) is 8.76. The molecule has 4 aromatic rings. The van der Waals surface area contributed by atoms with Gasteiger partial charge in [-0.3, -0.25) is 4.79 Å². The number of aryl methyl sites for hydroxylation is 1. The Morgan fingerprint density at radius 3 is 2.14 bits per heavy atom. The van der Waals surface area contributed by atoms with Gasteiger partial charge in [0.2, 0.25) is 5.43 Å². The van der Waals surface area contributed by atoms with E-state index in [4.69, 9.17) is 4.42 Å². The van der Waals surface area contributed by atoms with E-state index in [0.717, 1.165) is 17.4 Å². The normalized spacial score (nSPS) is 11.6. The summed E-state index contributed by atoms with van der Waals surface area (Å²) in [5.74, 6) is 0.429. The molecule has 1 heterocycles. The summed E-state index contributed by atoms with van der Waals surface area (Å²) < 4.78 is 29.7. The molecular formula is C23H18O4S. The highest BCUT2D eigenvalue weighted by Gasteiger charge is 2.19. The zero-order valence-corrected chi connectivity index (χ0v) is 16.3. The van der Waals surface area contributed by atoms with Crippen LogP contribution in [0.3, 0.4) is 0 Å². The van der Waals surface area contributed by atoms with E-state index < -0.39 is 9.84 Å². The van der Waals surface area contributed by atoms with Gasteiger partial charge in [-0.15, -0.1) is 0 Å². The fourth-order valence-corrected chi connectivity index (χ4v) is 3.93. The van der Waals surface area contributed by atoms with Crippen LogP contribution in [-0.4, -0.2) is 14.7 Å². The van der Waals surface area contributed by atoms with Crippen LogP contribution in [0, 0.1) is 6.92 Å². The minimum atomic E-state index is -3.31. The maximum atomic E-state index is 13.3. The van der Waals surface area contributed by atoms with Gasteiger partial charge in [-0.25, -0.2) is 8.42 Å². The minimum absolute atomic E-state index is 0.113. The number of rotatable bonds is 3. The highest BCUT2D eigenvalue weighted by atomic mass is 32.2. The molecule has 4 nitrogen and oxygen atoms in total. The van der Waals surface area contributed by atoms with Gasteiger partial charge in [0, 0.05) is 11.8 Å². The third-order valence-electron chi connectivity index (χ3n) is 4.76. The molecule has 0 aliphatic heterocycles. The molecule has 0 saturated carbocycles. The molecule has 0 bridgehead atoms. The van der Waals surface area contributed by atoms with Gasteiger partial charge in [-0.05, 0) is 54.4 Å². The number of hydrogen-bond donors (Lipinski definition) is 0. The molecule has 0 saturated heterocycles. The summed E-state index contributed by atoms with van der Waals surface area (Å²) in [4.78, 5) is 13.6. The molecule has 0 atom stereocenters. The third kappa shape index (κ3) is 3.14. The van der Waals surface area contributed by atoms with Crippen molar-refractivity contribution in [1.82, 2.24) is 0 Å². The molecule has 0 N–H and O–H groups in total. The van der Waals surface area contributed by atoms with E-state index in [0.29, 0.717) is 27.9 Å². The molecule has 5 heteroatoms. The molecule has 28 heavy (non-hydrogen) atoms. The van der Waals surface area contributed by atoms with Crippen LogP contribution in [0.25, 0.3) is 33.4 Å². The molecular weight excluding hydrogens is 372 g/mol. The second kappa shape index (κ2) is 6.77. The van der Waals surface area contributed by atoms with Gasteiger partial charge in [0.15, 0.2) is 9.84 Å². The van der Waals surface area contributed by atoms with Gasteiger partial charge < -0.3 is 4.42 Å². The molecule has 4 rings (SSSR count). The Hall–Kier alpha value is -3.18. The van der Waals surface area contributed by atoms with Crippen molar-refractivity contribution in [2.75, 3.05) is 6.26 Å². The highest BCUT2D eigenvalue weighted by molar-refractivity contribution is 7.90. The first-order chi connectivity index (χ1) is 13.4. The first-order valence-corrected chi connectivity index (χ1v) is 10.7. The summed E-state index contributed by atoms with van der Waals surface area (Å²) in [6.45, 7) is 1.94. The summed E-state index contributed by atoms with van der Waals surface area (Å²) in [5, 5.41) is 0.511. The molecule has 0 spiro atoms. The Morgan fingerprint density at radius 2 is 1.46 bits per heavy atom. The summed E-state index contributed by atoms with van der Waals surface area (Å²) in [7, 11) is -3.31. The van der Waals surface area contributed by atoms with Crippen LogP contribution in [0.4, 0.5) is 0 Å². The quantitative estimate of drug-likeness (QED) is 0.502. The lowest BCUT2D eigenvalue weighted by Gasteiger charge is -2.12. The van der Waals surface area contributed by atoms with E-state index in [1.54, 1.807) is 24.3 Å². The van der Waals surface area contributed by atoms with Crippen molar-refractivity contribution in [1.29, 1.82) is 0 Å². The van der Waals surface area contributed by atoms with Crippen molar-refractivity contribution >= 4 is 20.8 Å². The van der Waals surface area contributed by atoms with E-state index in [1.165, 1.54) is 12.1 Å². The predicted octanol–water partition coefficient (Wildman–Crippen LogP) is 4.84. The first kappa shape index (κ1) is 18.2. The zero-order chi connectivity index (χ0) is 19.9. The molecule has 0 fully saturated rings. The van der Waals surface area contributed by atoms with Crippen LogP contribution in [0.15, 0.2) is 86.9 Å². The lowest BCUT2D eigenvalue weighted by Crippen LogP contribution is -2.08. The standard InChI is InChI=1S/C23H18O4S/c1-15-7-3-4-8-18(15)21-22(24)19-9-5-6-10-20(19)27-23(21)16-11-13-17(14-12-16)28(2,25)26/h3-14H,1-2H3. The predicted molar refractivity (Wildman–Crippen MR) is 111 cm³/mol. The Morgan fingerprint density at radius 1 is 0.821 bits per heavy atom. The number of fused-ring (bicyclic) bond motifs is 1. The van der Waals surface area contributed by atoms with Crippen molar-refractivity contribution in [2.45, 2.75) is 11.8 Å². The Labute approximate surface area is 163 Å². The lowest BCUT2D eigenvalue weighted by molar-refractivity contribution is 0.601. The minimum Gasteiger partial charge on any atom is -0.455 e. The molecule has 0 aliphatic rings. The third-order valence-corrected chi connectivity index (χ3v) is 5.89. The molecule has 0 aliphatic carbocycles. The van der Waals surface area contributed by atoms with E-state index >= 15 is 0 Å². The van der Waals surface area contributed by atoms with Gasteiger partial charge in [0.25, 0.3) is 0 Å². The topological polar surface area (TPSA) is 64.3 Å². The zero-order valence-electron chi connectivity index (χ0n) is 15.5. The molecule has 140 valence electrons. The van der Waals surface area contributed by atoms with Crippen LogP contribution >= 0.6 is 0 Å². The van der Waals surface area contributed by atoms with Gasteiger partial charge in [0.1, 0.15) is 11.3 Å².